The topological polar surface area (TPSA) is 41.8 Å². The van der Waals surface area contributed by atoms with Crippen molar-refractivity contribution < 1.29 is 18.6 Å². The summed E-state index contributed by atoms with van der Waals surface area (Å²) in [6, 6.07) is 5.50. The van der Waals surface area contributed by atoms with E-state index in [0.717, 1.165) is 18.4 Å². The van der Waals surface area contributed by atoms with E-state index in [1.54, 1.807) is 6.92 Å². The minimum absolute atomic E-state index is 0.00258. The molecule has 0 radical (unpaired) electrons. The number of allylic oxidation sites excluding steroid dienone is 5. The number of fused-ring (bicyclic) bond motifs is 1. The maximum absolute atomic E-state index is 15.4. The quantitative estimate of drug-likeness (QED) is 0.291. The Kier molecular flexibility index (Phi) is 8.30. The molecule has 3 nitrogen and oxygen atoms in total. The Bertz CT molecular complexity index is 1130. The van der Waals surface area contributed by atoms with Crippen molar-refractivity contribution in [1.29, 1.82) is 0 Å². The van der Waals surface area contributed by atoms with Crippen LogP contribution < -0.4 is 0 Å². The van der Waals surface area contributed by atoms with Crippen LogP contribution in [0.25, 0.3) is 16.3 Å². The number of halogens is 2. The molecule has 0 fully saturated rings. The standard InChI is InChI=1S/C26H27F2NO2/c1-7-9-16(3)22(18(5)29-15-31-6)14-25(28)17(4)23-13-20(30)12-19-10-11-24(27)21(8-2)26(19)23/h2,10-14,30H,4,7,9,15H2,1,3,5-6H3/b22-16+,25-14+,29-18?. The molecule has 0 saturated carbocycles. The van der Waals surface area contributed by atoms with Gasteiger partial charge >= 0.3 is 0 Å². The van der Waals surface area contributed by atoms with Crippen LogP contribution in [0.4, 0.5) is 8.78 Å². The van der Waals surface area contributed by atoms with E-state index in [9.17, 15) is 9.50 Å². The van der Waals surface area contributed by atoms with Gasteiger partial charge < -0.3 is 9.84 Å². The Hall–Kier alpha value is -3.23. The maximum atomic E-state index is 15.4. The second kappa shape index (κ2) is 10.7. The largest absolute Gasteiger partial charge is 0.508 e. The van der Waals surface area contributed by atoms with E-state index < -0.39 is 11.6 Å². The Morgan fingerprint density at radius 3 is 2.65 bits per heavy atom. The van der Waals surface area contributed by atoms with E-state index >= 15 is 4.39 Å². The average molecular weight is 424 g/mol. The van der Waals surface area contributed by atoms with Crippen LogP contribution in [0.3, 0.4) is 0 Å². The number of rotatable bonds is 8. The van der Waals surface area contributed by atoms with Crippen LogP contribution in [0, 0.1) is 18.2 Å². The van der Waals surface area contributed by atoms with Gasteiger partial charge in [0.2, 0.25) is 0 Å². The van der Waals surface area contributed by atoms with Crippen molar-refractivity contribution in [1.82, 2.24) is 0 Å². The number of phenolic OH excluding ortho intramolecular Hbond substituents is 1. The summed E-state index contributed by atoms with van der Waals surface area (Å²) in [4.78, 5) is 4.31. The van der Waals surface area contributed by atoms with Crippen molar-refractivity contribution in [2.45, 2.75) is 33.6 Å². The number of hydrogen-bond acceptors (Lipinski definition) is 3. The first-order valence-electron chi connectivity index (χ1n) is 9.93. The second-order valence-electron chi connectivity index (χ2n) is 7.23. The highest BCUT2D eigenvalue weighted by Crippen LogP contribution is 2.36. The highest BCUT2D eigenvalue weighted by atomic mass is 19.1. The molecule has 0 atom stereocenters. The summed E-state index contributed by atoms with van der Waals surface area (Å²) >= 11 is 0. The highest BCUT2D eigenvalue weighted by molar-refractivity contribution is 6.04. The number of aliphatic imine (C=N–C) groups is 1. The van der Waals surface area contributed by atoms with E-state index in [1.807, 2.05) is 13.8 Å². The third-order valence-corrected chi connectivity index (χ3v) is 4.99. The fourth-order valence-electron chi connectivity index (χ4n) is 3.44. The number of terminal acetylenes is 1. The van der Waals surface area contributed by atoms with Crippen molar-refractivity contribution in [3.63, 3.8) is 0 Å². The molecule has 31 heavy (non-hydrogen) atoms. The molecule has 5 heteroatoms. The van der Waals surface area contributed by atoms with Crippen LogP contribution in [0.15, 0.2) is 58.9 Å². The molecular weight excluding hydrogens is 396 g/mol. The van der Waals surface area contributed by atoms with E-state index in [2.05, 4.69) is 17.5 Å². The molecule has 1 N–H and O–H groups in total. The van der Waals surface area contributed by atoms with Gasteiger partial charge in [0, 0.05) is 23.8 Å². The van der Waals surface area contributed by atoms with Gasteiger partial charge in [0.05, 0.1) is 5.56 Å². The number of hydrogen-bond donors (Lipinski definition) is 1. The highest BCUT2D eigenvalue weighted by Gasteiger charge is 2.17. The number of aromatic hydroxyl groups is 1. The van der Waals surface area contributed by atoms with Crippen LogP contribution in [0.1, 0.15) is 44.7 Å². The van der Waals surface area contributed by atoms with Gasteiger partial charge in [0.1, 0.15) is 24.1 Å². The minimum atomic E-state index is -0.628. The molecule has 0 aliphatic rings. The van der Waals surface area contributed by atoms with E-state index in [4.69, 9.17) is 11.2 Å². The van der Waals surface area contributed by atoms with Gasteiger partial charge in [-0.1, -0.05) is 37.5 Å². The number of ether oxygens (including phenoxy) is 1. The summed E-state index contributed by atoms with van der Waals surface area (Å²) in [6.07, 6.45) is 8.55. The lowest BCUT2D eigenvalue weighted by atomic mass is 9.92. The monoisotopic (exact) mass is 423 g/mol. The molecular formula is C26H27F2NO2. The first-order chi connectivity index (χ1) is 14.7. The number of nitrogens with zero attached hydrogens (tertiary/aromatic N) is 1. The SMILES string of the molecule is C#Cc1c(F)ccc2cc(O)cc(C(=C)/C(F)=C\C(C(C)=NCOC)=C(\C)CCC)c12. The van der Waals surface area contributed by atoms with Crippen LogP contribution in [-0.4, -0.2) is 24.7 Å². The van der Waals surface area contributed by atoms with Gasteiger partial charge in [-0.05, 0) is 61.1 Å². The fraction of sp³-hybridized carbons (Fsp3) is 0.269. The molecule has 0 bridgehead atoms. The smallest absolute Gasteiger partial charge is 0.139 e. The lowest BCUT2D eigenvalue weighted by Crippen LogP contribution is -2.02. The van der Waals surface area contributed by atoms with Crippen LogP contribution in [-0.2, 0) is 4.74 Å². The van der Waals surface area contributed by atoms with Crippen LogP contribution in [0.5, 0.6) is 5.75 Å². The molecule has 0 saturated heterocycles. The van der Waals surface area contributed by atoms with Gasteiger partial charge in [-0.15, -0.1) is 6.42 Å². The molecule has 0 unspecified atom stereocenters. The summed E-state index contributed by atoms with van der Waals surface area (Å²) in [7, 11) is 1.53. The first-order valence-corrected chi connectivity index (χ1v) is 9.93. The van der Waals surface area contributed by atoms with Gasteiger partial charge in [0.15, 0.2) is 0 Å². The van der Waals surface area contributed by atoms with E-state index in [0.29, 0.717) is 22.1 Å². The molecule has 2 aromatic carbocycles. The lowest BCUT2D eigenvalue weighted by Gasteiger charge is -2.13. The normalized spacial score (nSPS) is 13.2. The van der Waals surface area contributed by atoms with Crippen molar-refractivity contribution in [3.05, 3.63) is 70.8 Å². The fourth-order valence-corrected chi connectivity index (χ4v) is 3.44. The Morgan fingerprint density at radius 1 is 1.32 bits per heavy atom. The molecule has 0 aliphatic heterocycles. The zero-order valence-corrected chi connectivity index (χ0v) is 18.4. The number of phenols is 1. The summed E-state index contributed by atoms with van der Waals surface area (Å²) in [5.74, 6) is 1.01. The number of benzene rings is 2. The molecule has 0 spiro atoms. The van der Waals surface area contributed by atoms with Crippen molar-refractivity contribution in [2.24, 2.45) is 4.99 Å². The molecule has 0 aromatic heterocycles. The molecule has 0 amide bonds. The maximum Gasteiger partial charge on any atom is 0.139 e. The zero-order chi connectivity index (χ0) is 23.1. The lowest BCUT2D eigenvalue weighted by molar-refractivity contribution is 0.209. The van der Waals surface area contributed by atoms with Gasteiger partial charge in [-0.3, -0.25) is 4.99 Å². The Balaban J connectivity index is 2.68. The van der Waals surface area contributed by atoms with Crippen molar-refractivity contribution in [3.8, 4) is 18.1 Å². The van der Waals surface area contributed by atoms with E-state index in [-0.39, 0.29) is 29.2 Å². The molecule has 2 aromatic rings. The average Bonchev–Trinajstić information content (AvgIpc) is 2.74. The Morgan fingerprint density at radius 2 is 2.03 bits per heavy atom. The summed E-state index contributed by atoms with van der Waals surface area (Å²) < 4.78 is 34.7. The summed E-state index contributed by atoms with van der Waals surface area (Å²) in [5, 5.41) is 11.0. The third-order valence-electron chi connectivity index (χ3n) is 4.99. The molecule has 0 aliphatic carbocycles. The van der Waals surface area contributed by atoms with E-state index in [1.165, 1.54) is 37.5 Å². The predicted molar refractivity (Wildman–Crippen MR) is 124 cm³/mol. The third kappa shape index (κ3) is 5.48. The second-order valence-corrected chi connectivity index (χ2v) is 7.23. The van der Waals surface area contributed by atoms with Gasteiger partial charge in [0.25, 0.3) is 0 Å². The van der Waals surface area contributed by atoms with Gasteiger partial charge in [-0.2, -0.15) is 0 Å². The number of methoxy groups -OCH3 is 1. The van der Waals surface area contributed by atoms with Crippen LogP contribution in [0.2, 0.25) is 0 Å². The minimum Gasteiger partial charge on any atom is -0.508 e. The zero-order valence-electron chi connectivity index (χ0n) is 18.4. The predicted octanol–water partition coefficient (Wildman–Crippen LogP) is 6.71. The van der Waals surface area contributed by atoms with Gasteiger partial charge in [-0.25, -0.2) is 8.78 Å². The molecule has 0 heterocycles. The van der Waals surface area contributed by atoms with Crippen molar-refractivity contribution in [2.75, 3.05) is 13.8 Å². The van der Waals surface area contributed by atoms with Crippen molar-refractivity contribution >= 4 is 22.1 Å². The van der Waals surface area contributed by atoms with Crippen LogP contribution >= 0.6 is 0 Å². The molecule has 162 valence electrons. The first kappa shape index (κ1) is 24.0. The summed E-state index contributed by atoms with van der Waals surface area (Å²) in [5.41, 5.74) is 2.47. The molecule has 2 rings (SSSR count). The Labute approximate surface area is 182 Å². The summed E-state index contributed by atoms with van der Waals surface area (Å²) in [6.45, 7) is 9.78.